The fraction of sp³-hybridized carbons (Fsp3) is 0.846. The number of halogens is 1. The summed E-state index contributed by atoms with van der Waals surface area (Å²) in [5, 5.41) is 2.50. The third-order valence-electron chi connectivity index (χ3n) is 3.65. The molecule has 0 aliphatic heterocycles. The van der Waals surface area contributed by atoms with Gasteiger partial charge in [0.25, 0.3) is 0 Å². The lowest BCUT2D eigenvalue weighted by atomic mass is 9.87. The van der Waals surface area contributed by atoms with E-state index >= 15 is 0 Å². The second kappa shape index (κ2) is 10.0. The summed E-state index contributed by atoms with van der Waals surface area (Å²) in [5.41, 5.74) is 5.15. The van der Waals surface area contributed by atoms with Crippen LogP contribution in [0.25, 0.3) is 0 Å². The molecule has 0 saturated heterocycles. The van der Waals surface area contributed by atoms with Gasteiger partial charge < -0.3 is 16.0 Å². The van der Waals surface area contributed by atoms with Crippen LogP contribution in [0.15, 0.2) is 0 Å². The van der Waals surface area contributed by atoms with Gasteiger partial charge in [-0.25, -0.2) is 0 Å². The first kappa shape index (κ1) is 18.2. The van der Waals surface area contributed by atoms with Gasteiger partial charge in [0.1, 0.15) is 0 Å². The van der Waals surface area contributed by atoms with Gasteiger partial charge in [-0.15, -0.1) is 12.4 Å². The summed E-state index contributed by atoms with van der Waals surface area (Å²) in [5.74, 6) is 0.435. The molecule has 0 unspecified atom stereocenters. The van der Waals surface area contributed by atoms with Gasteiger partial charge in [-0.3, -0.25) is 9.59 Å². The number of carbonyl (C=O) groups excluding carboxylic acids is 2. The van der Waals surface area contributed by atoms with Crippen molar-refractivity contribution in [1.29, 1.82) is 0 Å². The SMILES string of the molecule is CN(CCC1CCCCC1)C(=O)CNC(=O)CN.Cl. The predicted molar refractivity (Wildman–Crippen MR) is 78.1 cm³/mol. The maximum Gasteiger partial charge on any atom is 0.241 e. The van der Waals surface area contributed by atoms with Gasteiger partial charge in [-0.2, -0.15) is 0 Å². The lowest BCUT2D eigenvalue weighted by molar-refractivity contribution is -0.131. The van der Waals surface area contributed by atoms with E-state index in [1.54, 1.807) is 11.9 Å². The van der Waals surface area contributed by atoms with Crippen molar-refractivity contribution in [3.05, 3.63) is 0 Å². The highest BCUT2D eigenvalue weighted by Gasteiger charge is 2.16. The highest BCUT2D eigenvalue weighted by atomic mass is 35.5. The molecule has 2 amide bonds. The fourth-order valence-electron chi connectivity index (χ4n) is 2.36. The van der Waals surface area contributed by atoms with E-state index < -0.39 is 0 Å². The number of nitrogens with two attached hydrogens (primary N) is 1. The zero-order valence-corrected chi connectivity index (χ0v) is 12.5. The molecule has 0 bridgehead atoms. The fourth-order valence-corrected chi connectivity index (χ4v) is 2.36. The molecule has 1 aliphatic rings. The first-order valence-corrected chi connectivity index (χ1v) is 6.84. The van der Waals surface area contributed by atoms with Crippen LogP contribution in [-0.4, -0.2) is 43.4 Å². The number of hydrogen-bond acceptors (Lipinski definition) is 3. The molecule has 1 aliphatic carbocycles. The van der Waals surface area contributed by atoms with Crippen molar-refractivity contribution < 1.29 is 9.59 Å². The van der Waals surface area contributed by atoms with Crippen LogP contribution in [0.5, 0.6) is 0 Å². The van der Waals surface area contributed by atoms with Gasteiger partial charge in [0.15, 0.2) is 0 Å². The van der Waals surface area contributed by atoms with Crippen LogP contribution >= 0.6 is 12.4 Å². The van der Waals surface area contributed by atoms with Crippen molar-refractivity contribution in [3.63, 3.8) is 0 Å². The average molecular weight is 292 g/mol. The Labute approximate surface area is 121 Å². The molecular weight excluding hydrogens is 266 g/mol. The van der Waals surface area contributed by atoms with Crippen molar-refractivity contribution in [2.45, 2.75) is 38.5 Å². The number of nitrogens with one attached hydrogen (secondary N) is 1. The highest BCUT2D eigenvalue weighted by Crippen LogP contribution is 2.26. The summed E-state index contributed by atoms with van der Waals surface area (Å²) in [4.78, 5) is 24.3. The Hall–Kier alpha value is -0.810. The third kappa shape index (κ3) is 7.38. The lowest BCUT2D eigenvalue weighted by Gasteiger charge is -2.24. The zero-order chi connectivity index (χ0) is 13.4. The Morgan fingerprint density at radius 3 is 2.47 bits per heavy atom. The van der Waals surface area contributed by atoms with Crippen molar-refractivity contribution in [2.24, 2.45) is 11.7 Å². The van der Waals surface area contributed by atoms with Gasteiger partial charge in [0, 0.05) is 13.6 Å². The van der Waals surface area contributed by atoms with Crippen LogP contribution in [0.3, 0.4) is 0 Å². The Kier molecular flexibility index (Phi) is 9.61. The van der Waals surface area contributed by atoms with Gasteiger partial charge in [-0.1, -0.05) is 32.1 Å². The number of hydrogen-bond donors (Lipinski definition) is 2. The van der Waals surface area contributed by atoms with E-state index in [1.165, 1.54) is 32.1 Å². The Balaban J connectivity index is 0.00000324. The summed E-state index contributed by atoms with van der Waals surface area (Å²) in [6.45, 7) is 0.762. The Morgan fingerprint density at radius 1 is 1.26 bits per heavy atom. The summed E-state index contributed by atoms with van der Waals surface area (Å²) in [7, 11) is 1.79. The quantitative estimate of drug-likeness (QED) is 0.764. The van der Waals surface area contributed by atoms with Crippen LogP contribution in [-0.2, 0) is 9.59 Å². The Bertz CT molecular complexity index is 281. The van der Waals surface area contributed by atoms with E-state index in [2.05, 4.69) is 5.32 Å². The summed E-state index contributed by atoms with van der Waals surface area (Å²) >= 11 is 0. The van der Waals surface area contributed by atoms with E-state index in [9.17, 15) is 9.59 Å². The maximum atomic E-state index is 11.7. The van der Waals surface area contributed by atoms with Gasteiger partial charge in [0.05, 0.1) is 13.1 Å². The first-order chi connectivity index (χ1) is 8.63. The molecule has 0 radical (unpaired) electrons. The predicted octanol–water partition coefficient (Wildman–Crippen LogP) is 0.912. The minimum absolute atomic E-state index is 0. The molecule has 19 heavy (non-hydrogen) atoms. The van der Waals surface area contributed by atoms with Gasteiger partial charge in [0.2, 0.25) is 11.8 Å². The van der Waals surface area contributed by atoms with Gasteiger partial charge in [-0.05, 0) is 12.3 Å². The molecule has 0 spiro atoms. The van der Waals surface area contributed by atoms with Crippen LogP contribution in [0.1, 0.15) is 38.5 Å². The van der Waals surface area contributed by atoms with Gasteiger partial charge >= 0.3 is 0 Å². The van der Waals surface area contributed by atoms with Crippen molar-refractivity contribution in [1.82, 2.24) is 10.2 Å². The molecule has 0 aromatic carbocycles. The van der Waals surface area contributed by atoms with Crippen molar-refractivity contribution in [3.8, 4) is 0 Å². The number of amides is 2. The van der Waals surface area contributed by atoms with Crippen LogP contribution in [0.4, 0.5) is 0 Å². The monoisotopic (exact) mass is 291 g/mol. The minimum Gasteiger partial charge on any atom is -0.346 e. The number of nitrogens with zero attached hydrogens (tertiary/aromatic N) is 1. The molecule has 3 N–H and O–H groups in total. The summed E-state index contributed by atoms with van der Waals surface area (Å²) in [6, 6.07) is 0. The Morgan fingerprint density at radius 2 is 1.89 bits per heavy atom. The van der Waals surface area contributed by atoms with E-state index in [0.29, 0.717) is 0 Å². The molecule has 5 nitrogen and oxygen atoms in total. The van der Waals surface area contributed by atoms with Crippen LogP contribution in [0.2, 0.25) is 0 Å². The van der Waals surface area contributed by atoms with Crippen molar-refractivity contribution in [2.75, 3.05) is 26.7 Å². The first-order valence-electron chi connectivity index (χ1n) is 6.84. The van der Waals surface area contributed by atoms with E-state index in [4.69, 9.17) is 5.73 Å². The topological polar surface area (TPSA) is 75.4 Å². The minimum atomic E-state index is -0.288. The van der Waals surface area contributed by atoms with E-state index in [-0.39, 0.29) is 37.3 Å². The average Bonchev–Trinajstić information content (AvgIpc) is 2.42. The summed E-state index contributed by atoms with van der Waals surface area (Å²) in [6.07, 6.45) is 7.69. The molecule has 112 valence electrons. The van der Waals surface area contributed by atoms with E-state index in [0.717, 1.165) is 18.9 Å². The molecule has 1 fully saturated rings. The zero-order valence-electron chi connectivity index (χ0n) is 11.7. The second-order valence-corrected chi connectivity index (χ2v) is 5.09. The smallest absolute Gasteiger partial charge is 0.241 e. The second-order valence-electron chi connectivity index (χ2n) is 5.09. The van der Waals surface area contributed by atoms with Crippen molar-refractivity contribution >= 4 is 24.2 Å². The number of rotatable bonds is 6. The van der Waals surface area contributed by atoms with E-state index in [1.807, 2.05) is 0 Å². The highest BCUT2D eigenvalue weighted by molar-refractivity contribution is 5.85. The number of carbonyl (C=O) groups is 2. The molecule has 0 atom stereocenters. The standard InChI is InChI=1S/C13H25N3O2.ClH/c1-16(13(18)10-15-12(17)9-14)8-7-11-5-3-2-4-6-11;/h11H,2-10,14H2,1H3,(H,15,17);1H. The largest absolute Gasteiger partial charge is 0.346 e. The molecule has 1 saturated carbocycles. The third-order valence-corrected chi connectivity index (χ3v) is 3.65. The normalized spacial score (nSPS) is 15.5. The molecule has 0 heterocycles. The molecular formula is C13H26ClN3O2. The molecule has 0 aromatic heterocycles. The number of likely N-dealkylation sites (N-methyl/N-ethyl adjacent to an activating group) is 1. The molecule has 1 rings (SSSR count). The summed E-state index contributed by atoms with van der Waals surface area (Å²) < 4.78 is 0. The lowest BCUT2D eigenvalue weighted by Crippen LogP contribution is -2.40. The van der Waals surface area contributed by atoms with Crippen LogP contribution in [0, 0.1) is 5.92 Å². The molecule has 0 aromatic rings. The molecule has 6 heteroatoms. The van der Waals surface area contributed by atoms with Crippen LogP contribution < -0.4 is 11.1 Å². The maximum absolute atomic E-state index is 11.7.